The van der Waals surface area contributed by atoms with E-state index in [1.807, 2.05) is 42.5 Å². The average Bonchev–Trinajstić information content (AvgIpc) is 3.44. The van der Waals surface area contributed by atoms with Crippen LogP contribution in [-0.4, -0.2) is 18.4 Å². The lowest BCUT2D eigenvalue weighted by Gasteiger charge is -2.17. The van der Waals surface area contributed by atoms with E-state index < -0.39 is 5.41 Å². The molecule has 1 aliphatic carbocycles. The Morgan fingerprint density at radius 2 is 1.72 bits per heavy atom. The zero-order valence-corrected chi connectivity index (χ0v) is 13.8. The zero-order valence-electron chi connectivity index (χ0n) is 13.8. The molecule has 3 rings (SSSR count). The first-order chi connectivity index (χ1) is 12.2. The van der Waals surface area contributed by atoms with Crippen molar-refractivity contribution in [2.75, 3.05) is 11.9 Å². The van der Waals surface area contributed by atoms with Crippen molar-refractivity contribution in [1.29, 1.82) is 0 Å². The van der Waals surface area contributed by atoms with Gasteiger partial charge >= 0.3 is 0 Å². The molecule has 0 saturated heterocycles. The van der Waals surface area contributed by atoms with E-state index in [1.165, 1.54) is 0 Å². The first kappa shape index (κ1) is 16.8. The van der Waals surface area contributed by atoms with Crippen LogP contribution in [-0.2, 0) is 9.59 Å². The largest absolute Gasteiger partial charge is 0.455 e. The maximum absolute atomic E-state index is 12.7. The van der Waals surface area contributed by atoms with Crippen LogP contribution < -0.4 is 15.4 Å². The van der Waals surface area contributed by atoms with Crippen molar-refractivity contribution in [1.82, 2.24) is 5.32 Å². The number of ether oxygens (including phenoxy) is 1. The molecule has 0 unspecified atom stereocenters. The molecular formula is C20H20N2O3. The first-order valence-corrected chi connectivity index (χ1v) is 8.18. The summed E-state index contributed by atoms with van der Waals surface area (Å²) in [5.41, 5.74) is -0.442. The molecule has 1 fully saturated rings. The molecule has 0 heterocycles. The normalized spacial score (nSPS) is 14.2. The summed E-state index contributed by atoms with van der Waals surface area (Å²) in [5, 5.41) is 5.55. The van der Waals surface area contributed by atoms with Gasteiger partial charge < -0.3 is 15.4 Å². The van der Waals surface area contributed by atoms with Crippen LogP contribution in [0.15, 0.2) is 67.3 Å². The second-order valence-corrected chi connectivity index (χ2v) is 5.95. The summed E-state index contributed by atoms with van der Waals surface area (Å²) >= 11 is 0. The van der Waals surface area contributed by atoms with E-state index >= 15 is 0 Å². The smallest absolute Gasteiger partial charge is 0.240 e. The summed E-state index contributed by atoms with van der Waals surface area (Å²) in [6.45, 7) is 3.92. The number of benzene rings is 2. The third-order valence-electron chi connectivity index (χ3n) is 4.13. The van der Waals surface area contributed by atoms with Gasteiger partial charge in [0.15, 0.2) is 5.75 Å². The summed E-state index contributed by atoms with van der Waals surface area (Å²) in [7, 11) is 0. The Labute approximate surface area is 146 Å². The third kappa shape index (κ3) is 3.71. The summed E-state index contributed by atoms with van der Waals surface area (Å²) in [5.74, 6) is 0.642. The van der Waals surface area contributed by atoms with Crippen molar-refractivity contribution in [3.8, 4) is 11.5 Å². The molecule has 1 saturated carbocycles. The number of carbonyl (C=O) groups excluding carboxylic acids is 2. The number of nitrogens with one attached hydrogen (secondary N) is 2. The SMILES string of the molecule is C=CCNC(=O)C1(C(=O)Nc2ccccc2Oc2ccccc2)CC1. The van der Waals surface area contributed by atoms with E-state index in [9.17, 15) is 9.59 Å². The number of amides is 2. The lowest BCUT2D eigenvalue weighted by atomic mass is 10.0. The molecule has 0 bridgehead atoms. The van der Waals surface area contributed by atoms with Gasteiger partial charge in [0.2, 0.25) is 11.8 Å². The molecule has 2 aromatic carbocycles. The van der Waals surface area contributed by atoms with E-state index in [2.05, 4.69) is 17.2 Å². The van der Waals surface area contributed by atoms with Gasteiger partial charge in [0, 0.05) is 6.54 Å². The van der Waals surface area contributed by atoms with Crippen LogP contribution >= 0.6 is 0 Å². The minimum absolute atomic E-state index is 0.258. The van der Waals surface area contributed by atoms with E-state index in [4.69, 9.17) is 4.74 Å². The van der Waals surface area contributed by atoms with E-state index in [0.717, 1.165) is 0 Å². The number of hydrogen-bond donors (Lipinski definition) is 2. The Hall–Kier alpha value is -3.08. The number of anilines is 1. The van der Waals surface area contributed by atoms with Crippen LogP contribution in [0.5, 0.6) is 11.5 Å². The van der Waals surface area contributed by atoms with Gasteiger partial charge in [-0.25, -0.2) is 0 Å². The Morgan fingerprint density at radius 3 is 2.40 bits per heavy atom. The number of carbonyl (C=O) groups is 2. The highest BCUT2D eigenvalue weighted by atomic mass is 16.5. The molecule has 0 atom stereocenters. The van der Waals surface area contributed by atoms with Crippen LogP contribution in [0, 0.1) is 5.41 Å². The minimum atomic E-state index is -0.983. The molecule has 1 aliphatic rings. The van der Waals surface area contributed by atoms with Crippen molar-refractivity contribution >= 4 is 17.5 Å². The molecule has 2 aromatic rings. The topological polar surface area (TPSA) is 67.4 Å². The molecule has 25 heavy (non-hydrogen) atoms. The number of rotatable bonds is 7. The molecule has 0 aliphatic heterocycles. The van der Waals surface area contributed by atoms with Crippen molar-refractivity contribution < 1.29 is 14.3 Å². The summed E-state index contributed by atoms with van der Waals surface area (Å²) < 4.78 is 5.84. The second kappa shape index (κ2) is 7.21. The highest BCUT2D eigenvalue weighted by Crippen LogP contribution is 2.47. The summed E-state index contributed by atoms with van der Waals surface area (Å²) in [6.07, 6.45) is 2.68. The molecule has 128 valence electrons. The van der Waals surface area contributed by atoms with Gasteiger partial charge in [-0.05, 0) is 37.1 Å². The molecule has 2 N–H and O–H groups in total. The fraction of sp³-hybridized carbons (Fsp3) is 0.200. The van der Waals surface area contributed by atoms with Crippen LogP contribution in [0.1, 0.15) is 12.8 Å². The van der Waals surface area contributed by atoms with Crippen molar-refractivity contribution in [2.45, 2.75) is 12.8 Å². The Kier molecular flexibility index (Phi) is 4.84. The maximum Gasteiger partial charge on any atom is 0.240 e. The van der Waals surface area contributed by atoms with Crippen LogP contribution in [0.4, 0.5) is 5.69 Å². The van der Waals surface area contributed by atoms with Gasteiger partial charge in [0.05, 0.1) is 5.69 Å². The van der Waals surface area contributed by atoms with Gasteiger partial charge in [0.1, 0.15) is 11.2 Å². The maximum atomic E-state index is 12.7. The van der Waals surface area contributed by atoms with Gasteiger partial charge in [-0.15, -0.1) is 6.58 Å². The molecule has 5 nitrogen and oxygen atoms in total. The molecule has 0 radical (unpaired) electrons. The Bertz CT molecular complexity index is 783. The lowest BCUT2D eigenvalue weighted by molar-refractivity contribution is -0.134. The zero-order chi connectivity index (χ0) is 17.7. The van der Waals surface area contributed by atoms with Crippen molar-refractivity contribution in [3.05, 3.63) is 67.3 Å². The molecule has 2 amide bonds. The van der Waals surface area contributed by atoms with E-state index in [-0.39, 0.29) is 11.8 Å². The molecule has 0 spiro atoms. The summed E-state index contributed by atoms with van der Waals surface area (Å²) in [6, 6.07) is 16.5. The third-order valence-corrected chi connectivity index (χ3v) is 4.13. The van der Waals surface area contributed by atoms with Crippen LogP contribution in [0.2, 0.25) is 0 Å². The predicted molar refractivity (Wildman–Crippen MR) is 96.5 cm³/mol. The van der Waals surface area contributed by atoms with Crippen LogP contribution in [0.25, 0.3) is 0 Å². The van der Waals surface area contributed by atoms with Crippen LogP contribution in [0.3, 0.4) is 0 Å². The Balaban J connectivity index is 1.74. The fourth-order valence-corrected chi connectivity index (χ4v) is 2.53. The van der Waals surface area contributed by atoms with E-state index in [0.29, 0.717) is 36.6 Å². The van der Waals surface area contributed by atoms with Gasteiger partial charge in [-0.1, -0.05) is 36.4 Å². The quantitative estimate of drug-likeness (QED) is 0.601. The van der Waals surface area contributed by atoms with Gasteiger partial charge in [-0.3, -0.25) is 9.59 Å². The second-order valence-electron chi connectivity index (χ2n) is 5.95. The standard InChI is InChI=1S/C20H20N2O3/c1-2-14-21-18(23)20(12-13-20)19(24)22-16-10-6-7-11-17(16)25-15-8-4-3-5-9-15/h2-11H,1,12-14H2,(H,21,23)(H,22,24). The van der Waals surface area contributed by atoms with Crippen molar-refractivity contribution in [3.63, 3.8) is 0 Å². The van der Waals surface area contributed by atoms with Gasteiger partial charge in [0.25, 0.3) is 0 Å². The fourth-order valence-electron chi connectivity index (χ4n) is 2.53. The average molecular weight is 336 g/mol. The monoisotopic (exact) mass is 336 g/mol. The highest BCUT2D eigenvalue weighted by Gasteiger charge is 2.56. The number of hydrogen-bond acceptors (Lipinski definition) is 3. The predicted octanol–water partition coefficient (Wildman–Crippen LogP) is 3.50. The minimum Gasteiger partial charge on any atom is -0.455 e. The highest BCUT2D eigenvalue weighted by molar-refractivity contribution is 6.13. The first-order valence-electron chi connectivity index (χ1n) is 8.18. The van der Waals surface area contributed by atoms with Crippen molar-refractivity contribution in [2.24, 2.45) is 5.41 Å². The Morgan fingerprint density at radius 1 is 1.04 bits per heavy atom. The lowest BCUT2D eigenvalue weighted by Crippen LogP contribution is -2.40. The molecule has 5 heteroatoms. The number of para-hydroxylation sites is 3. The van der Waals surface area contributed by atoms with Gasteiger partial charge in [-0.2, -0.15) is 0 Å². The van der Waals surface area contributed by atoms with E-state index in [1.54, 1.807) is 18.2 Å². The summed E-state index contributed by atoms with van der Waals surface area (Å²) in [4.78, 5) is 24.9. The molecular weight excluding hydrogens is 316 g/mol. The molecule has 0 aromatic heterocycles.